The predicted molar refractivity (Wildman–Crippen MR) is 114 cm³/mol. The van der Waals surface area contributed by atoms with Crippen molar-refractivity contribution in [3.05, 3.63) is 90.3 Å². The Balaban J connectivity index is 1.31. The molecule has 1 amide bonds. The van der Waals surface area contributed by atoms with Crippen molar-refractivity contribution in [3.8, 4) is 16.9 Å². The Bertz CT molecular complexity index is 1050. The largest absolute Gasteiger partial charge is 0.482 e. The number of carbonyl (C=O) groups excluding carboxylic acids is 1. The zero-order chi connectivity index (χ0) is 19.7. The van der Waals surface area contributed by atoms with Crippen LogP contribution in [0.1, 0.15) is 28.8 Å². The minimum atomic E-state index is -0.323. The molecule has 0 saturated carbocycles. The average Bonchev–Trinajstić information content (AvgIpc) is 2.80. The van der Waals surface area contributed by atoms with Gasteiger partial charge >= 0.3 is 0 Å². The molecule has 2 aliphatic rings. The van der Waals surface area contributed by atoms with Crippen LogP contribution in [0.3, 0.4) is 0 Å². The highest BCUT2D eigenvalue weighted by atomic mass is 16.5. The molecule has 1 aromatic heterocycles. The van der Waals surface area contributed by atoms with E-state index < -0.39 is 0 Å². The standard InChI is InChI=1S/C25H22N2O2/c28-24(20-9-14-26-15-10-20)27-16-12-25(13-17-27)11-8-22-18-21(6-7-23(22)29-25)19-4-2-1-3-5-19/h1-11,14-15,18H,12-13,16-17H2. The Labute approximate surface area is 170 Å². The Hall–Kier alpha value is -3.40. The van der Waals surface area contributed by atoms with Crippen LogP contribution in [0.25, 0.3) is 17.2 Å². The van der Waals surface area contributed by atoms with Gasteiger partial charge < -0.3 is 9.64 Å². The topological polar surface area (TPSA) is 42.4 Å². The molecule has 0 N–H and O–H groups in total. The zero-order valence-corrected chi connectivity index (χ0v) is 16.1. The third-order valence-corrected chi connectivity index (χ3v) is 5.82. The summed E-state index contributed by atoms with van der Waals surface area (Å²) >= 11 is 0. The van der Waals surface area contributed by atoms with Crippen molar-refractivity contribution < 1.29 is 9.53 Å². The van der Waals surface area contributed by atoms with Gasteiger partial charge in [-0.3, -0.25) is 9.78 Å². The minimum Gasteiger partial charge on any atom is -0.482 e. The van der Waals surface area contributed by atoms with Gasteiger partial charge in [0.15, 0.2) is 0 Å². The van der Waals surface area contributed by atoms with E-state index in [1.807, 2.05) is 11.0 Å². The molecule has 0 atom stereocenters. The molecule has 4 nitrogen and oxygen atoms in total. The summed E-state index contributed by atoms with van der Waals surface area (Å²) in [7, 11) is 0. The molecule has 3 aromatic rings. The van der Waals surface area contributed by atoms with Gasteiger partial charge in [-0.2, -0.15) is 0 Å². The van der Waals surface area contributed by atoms with E-state index in [1.54, 1.807) is 24.5 Å². The van der Waals surface area contributed by atoms with E-state index in [9.17, 15) is 4.79 Å². The number of hydrogen-bond acceptors (Lipinski definition) is 3. The summed E-state index contributed by atoms with van der Waals surface area (Å²) in [6.45, 7) is 1.37. The highest BCUT2D eigenvalue weighted by Crippen LogP contribution is 2.39. The molecule has 2 aliphatic heterocycles. The molecule has 5 rings (SSSR count). The third-order valence-electron chi connectivity index (χ3n) is 5.82. The molecular formula is C25H22N2O2. The summed E-state index contributed by atoms with van der Waals surface area (Å²) in [5.74, 6) is 0.982. The number of pyridine rings is 1. The van der Waals surface area contributed by atoms with Gasteiger partial charge in [0, 0.05) is 49.5 Å². The molecule has 0 radical (unpaired) electrons. The number of piperidine rings is 1. The lowest BCUT2D eigenvalue weighted by Gasteiger charge is -2.42. The summed E-state index contributed by atoms with van der Waals surface area (Å²) in [6, 6.07) is 20.3. The molecule has 144 valence electrons. The maximum absolute atomic E-state index is 12.7. The van der Waals surface area contributed by atoms with Crippen LogP contribution in [0.15, 0.2) is 79.1 Å². The van der Waals surface area contributed by atoms with Crippen LogP contribution < -0.4 is 4.74 Å². The highest BCUT2D eigenvalue weighted by Gasteiger charge is 2.38. The second kappa shape index (κ2) is 7.21. The van der Waals surface area contributed by atoms with Gasteiger partial charge in [0.2, 0.25) is 0 Å². The lowest BCUT2D eigenvalue weighted by molar-refractivity contribution is 0.0329. The summed E-state index contributed by atoms with van der Waals surface area (Å²) < 4.78 is 6.45. The van der Waals surface area contributed by atoms with Gasteiger partial charge in [0.25, 0.3) is 5.91 Å². The van der Waals surface area contributed by atoms with Crippen LogP contribution in [0.2, 0.25) is 0 Å². The number of nitrogens with zero attached hydrogens (tertiary/aromatic N) is 2. The number of carbonyl (C=O) groups is 1. The molecule has 2 aromatic carbocycles. The fourth-order valence-corrected chi connectivity index (χ4v) is 4.11. The van der Waals surface area contributed by atoms with Crippen molar-refractivity contribution in [2.45, 2.75) is 18.4 Å². The van der Waals surface area contributed by atoms with Gasteiger partial charge in [-0.25, -0.2) is 0 Å². The number of aromatic nitrogens is 1. The number of amides is 1. The first-order valence-electron chi connectivity index (χ1n) is 10.00. The molecule has 1 spiro atoms. The Morgan fingerprint density at radius 3 is 2.45 bits per heavy atom. The Morgan fingerprint density at radius 2 is 1.69 bits per heavy atom. The van der Waals surface area contributed by atoms with Crippen molar-refractivity contribution in [2.75, 3.05) is 13.1 Å². The second-order valence-electron chi connectivity index (χ2n) is 7.65. The second-order valence-corrected chi connectivity index (χ2v) is 7.65. The molecule has 1 fully saturated rings. The van der Waals surface area contributed by atoms with Crippen LogP contribution in [-0.2, 0) is 0 Å². The van der Waals surface area contributed by atoms with Crippen LogP contribution in [0, 0.1) is 0 Å². The SMILES string of the molecule is O=C(c1ccncc1)N1CCC2(C=Cc3cc(-c4ccccc4)ccc3O2)CC1. The van der Waals surface area contributed by atoms with Crippen LogP contribution in [0.5, 0.6) is 5.75 Å². The van der Waals surface area contributed by atoms with Crippen LogP contribution in [-0.4, -0.2) is 34.5 Å². The summed E-state index contributed by atoms with van der Waals surface area (Å²) in [5.41, 5.74) is 3.86. The van der Waals surface area contributed by atoms with Crippen molar-refractivity contribution in [2.24, 2.45) is 0 Å². The molecule has 3 heterocycles. The van der Waals surface area contributed by atoms with Crippen LogP contribution in [0.4, 0.5) is 0 Å². The monoisotopic (exact) mass is 382 g/mol. The average molecular weight is 382 g/mol. The molecule has 0 aliphatic carbocycles. The van der Waals surface area contributed by atoms with Crippen LogP contribution >= 0.6 is 0 Å². The number of fused-ring (bicyclic) bond motifs is 1. The number of hydrogen-bond donors (Lipinski definition) is 0. The highest BCUT2D eigenvalue weighted by molar-refractivity contribution is 5.94. The fraction of sp³-hybridized carbons (Fsp3) is 0.200. The smallest absolute Gasteiger partial charge is 0.253 e. The molecule has 0 unspecified atom stereocenters. The fourth-order valence-electron chi connectivity index (χ4n) is 4.11. The van der Waals surface area contributed by atoms with Crippen molar-refractivity contribution in [1.82, 2.24) is 9.88 Å². The quantitative estimate of drug-likeness (QED) is 0.638. The lowest BCUT2D eigenvalue weighted by atomic mass is 9.87. The van der Waals surface area contributed by atoms with E-state index in [0.717, 1.165) is 24.2 Å². The first-order chi connectivity index (χ1) is 14.2. The van der Waals surface area contributed by atoms with E-state index in [0.29, 0.717) is 18.7 Å². The van der Waals surface area contributed by atoms with E-state index >= 15 is 0 Å². The molecular weight excluding hydrogens is 360 g/mol. The van der Waals surface area contributed by atoms with Crippen molar-refractivity contribution >= 4 is 12.0 Å². The Kier molecular flexibility index (Phi) is 4.39. The number of likely N-dealkylation sites (tertiary alicyclic amines) is 1. The molecule has 29 heavy (non-hydrogen) atoms. The van der Waals surface area contributed by atoms with E-state index in [1.165, 1.54) is 11.1 Å². The normalized spacial score (nSPS) is 16.9. The van der Waals surface area contributed by atoms with Gasteiger partial charge in [0.05, 0.1) is 0 Å². The van der Waals surface area contributed by atoms with Gasteiger partial charge in [-0.1, -0.05) is 42.5 Å². The molecule has 1 saturated heterocycles. The number of rotatable bonds is 2. The lowest BCUT2D eigenvalue weighted by Crippen LogP contribution is -2.49. The maximum atomic E-state index is 12.7. The van der Waals surface area contributed by atoms with Gasteiger partial charge in [-0.05, 0) is 41.5 Å². The number of ether oxygens (including phenoxy) is 1. The first kappa shape index (κ1) is 17.7. The summed E-state index contributed by atoms with van der Waals surface area (Å²) in [6.07, 6.45) is 9.25. The first-order valence-corrected chi connectivity index (χ1v) is 10.00. The van der Waals surface area contributed by atoms with E-state index in [2.05, 4.69) is 59.6 Å². The molecule has 4 heteroatoms. The summed E-state index contributed by atoms with van der Waals surface area (Å²) in [5, 5.41) is 0. The van der Waals surface area contributed by atoms with Crippen molar-refractivity contribution in [1.29, 1.82) is 0 Å². The summed E-state index contributed by atoms with van der Waals surface area (Å²) in [4.78, 5) is 18.6. The number of benzene rings is 2. The minimum absolute atomic E-state index is 0.0648. The predicted octanol–water partition coefficient (Wildman–Crippen LogP) is 4.83. The zero-order valence-electron chi connectivity index (χ0n) is 16.1. The Morgan fingerprint density at radius 1 is 0.931 bits per heavy atom. The third kappa shape index (κ3) is 3.42. The maximum Gasteiger partial charge on any atom is 0.253 e. The molecule has 0 bridgehead atoms. The van der Waals surface area contributed by atoms with Crippen molar-refractivity contribution in [3.63, 3.8) is 0 Å². The van der Waals surface area contributed by atoms with Gasteiger partial charge in [-0.15, -0.1) is 0 Å². The van der Waals surface area contributed by atoms with Gasteiger partial charge in [0.1, 0.15) is 11.4 Å². The van der Waals surface area contributed by atoms with E-state index in [-0.39, 0.29) is 11.5 Å². The van der Waals surface area contributed by atoms with E-state index in [4.69, 9.17) is 4.74 Å².